The van der Waals surface area contributed by atoms with Crippen LogP contribution in [0.1, 0.15) is 43.0 Å². The molecule has 5 rings (SSSR count). The van der Waals surface area contributed by atoms with E-state index in [1.807, 2.05) is 23.6 Å². The number of phenolic OH excluding ortho intramolecular Hbond substituents is 1. The Balaban J connectivity index is 1.41. The van der Waals surface area contributed by atoms with E-state index in [1.165, 1.54) is 22.3 Å². The lowest BCUT2D eigenvalue weighted by atomic mass is 9.58. The normalized spacial score (nSPS) is 25.4. The number of carbonyl (C=O) groups excluding carboxylic acids is 2. The smallest absolute Gasteiger partial charge is 0.455 e. The lowest BCUT2D eigenvalue weighted by Gasteiger charge is -2.43. The Morgan fingerprint density at radius 1 is 1.28 bits per heavy atom. The van der Waals surface area contributed by atoms with E-state index >= 15 is 0 Å². The number of benzene rings is 1. The van der Waals surface area contributed by atoms with Gasteiger partial charge in [-0.15, -0.1) is 11.3 Å². The predicted octanol–water partition coefficient (Wildman–Crippen LogP) is 5.32. The molecule has 0 radical (unpaired) electrons. The van der Waals surface area contributed by atoms with Gasteiger partial charge in [0.1, 0.15) is 5.75 Å². The van der Waals surface area contributed by atoms with Gasteiger partial charge in [0, 0.05) is 12.0 Å². The number of hydrogen-bond donors (Lipinski definition) is 2. The fourth-order valence-corrected chi connectivity index (χ4v) is 7.29. The summed E-state index contributed by atoms with van der Waals surface area (Å²) in [6.07, 6.45) is 4.51. The molecule has 3 aliphatic rings. The zero-order chi connectivity index (χ0) is 27.7. The maximum Gasteiger partial charge on any atom is 0.455 e. The number of aromatic hydroxyl groups is 1. The number of fused-ring (bicyclic) bond motifs is 3. The molecule has 39 heavy (non-hydrogen) atoms. The van der Waals surface area contributed by atoms with Gasteiger partial charge in [-0.2, -0.15) is 0 Å². The summed E-state index contributed by atoms with van der Waals surface area (Å²) in [6.45, 7) is 2.72. The second-order valence-electron chi connectivity index (χ2n) is 10.5. The van der Waals surface area contributed by atoms with Crippen molar-refractivity contribution in [3.8, 4) is 5.75 Å². The number of methoxy groups -OCH3 is 1. The Morgan fingerprint density at radius 2 is 2.10 bits per heavy atom. The third kappa shape index (κ3) is 5.74. The van der Waals surface area contributed by atoms with Gasteiger partial charge in [0.05, 0.1) is 36.1 Å². The van der Waals surface area contributed by atoms with Crippen molar-refractivity contribution in [1.82, 2.24) is 4.90 Å². The minimum Gasteiger partial charge on any atom is -0.508 e. The fraction of sp³-hybridized carbons (Fsp3) is 0.448. The molecular formula is C29H33BClNO6S. The number of nitrogens with zero attached hydrogens (tertiary/aromatic N) is 1. The van der Waals surface area contributed by atoms with E-state index in [9.17, 15) is 19.7 Å². The molecule has 206 valence electrons. The van der Waals surface area contributed by atoms with E-state index in [1.54, 1.807) is 19.2 Å². The number of thiophene rings is 1. The summed E-state index contributed by atoms with van der Waals surface area (Å²) in [4.78, 5) is 29.5. The summed E-state index contributed by atoms with van der Waals surface area (Å²) in [5, 5.41) is 22.9. The molecule has 1 aromatic heterocycles. The number of hydrogen-bond acceptors (Lipinski definition) is 7. The lowest BCUT2D eigenvalue weighted by molar-refractivity contribution is -0.140. The van der Waals surface area contributed by atoms with Crippen LogP contribution < -0.4 is 0 Å². The molecule has 1 aromatic carbocycles. The van der Waals surface area contributed by atoms with Gasteiger partial charge < -0.3 is 19.5 Å². The summed E-state index contributed by atoms with van der Waals surface area (Å²) in [5.74, 6) is -1.37. The average Bonchev–Trinajstić information content (AvgIpc) is 3.50. The van der Waals surface area contributed by atoms with Crippen LogP contribution in [0.3, 0.4) is 0 Å². The molecule has 2 aliphatic heterocycles. The predicted molar refractivity (Wildman–Crippen MR) is 152 cm³/mol. The van der Waals surface area contributed by atoms with Crippen LogP contribution in [0.15, 0.2) is 52.4 Å². The molecule has 2 saturated heterocycles. The third-order valence-corrected chi connectivity index (χ3v) is 9.33. The number of likely N-dealkylation sites (tertiary alicyclic amines) is 1. The highest BCUT2D eigenvalue weighted by Gasteiger charge is 2.57. The largest absolute Gasteiger partial charge is 0.508 e. The van der Waals surface area contributed by atoms with Gasteiger partial charge in [-0.3, -0.25) is 14.5 Å². The summed E-state index contributed by atoms with van der Waals surface area (Å²) in [5.41, 5.74) is 4.00. The molecule has 2 amide bonds. The van der Waals surface area contributed by atoms with Gasteiger partial charge in [0.25, 0.3) is 0 Å². The Morgan fingerprint density at radius 3 is 2.79 bits per heavy atom. The molecule has 0 unspecified atom stereocenters. The zero-order valence-corrected chi connectivity index (χ0v) is 23.7. The van der Waals surface area contributed by atoms with Crippen molar-refractivity contribution in [2.75, 3.05) is 13.7 Å². The highest BCUT2D eigenvalue weighted by Crippen LogP contribution is 2.51. The highest BCUT2D eigenvalue weighted by molar-refractivity contribution is 7.09. The number of allylic oxidation sites excluding steroid dienone is 1. The fourth-order valence-electron chi connectivity index (χ4n) is 6.37. The Bertz CT molecular complexity index is 1290. The molecule has 0 bridgehead atoms. The van der Waals surface area contributed by atoms with Crippen molar-refractivity contribution in [2.24, 2.45) is 17.8 Å². The molecule has 7 nitrogen and oxygen atoms in total. The van der Waals surface area contributed by atoms with Crippen molar-refractivity contribution < 1.29 is 29.1 Å². The monoisotopic (exact) mass is 569 g/mol. The average molecular weight is 570 g/mol. The van der Waals surface area contributed by atoms with Crippen LogP contribution in [-0.2, 0) is 25.5 Å². The van der Waals surface area contributed by atoms with Crippen LogP contribution in [0, 0.1) is 17.8 Å². The Kier molecular flexibility index (Phi) is 8.64. The summed E-state index contributed by atoms with van der Waals surface area (Å²) in [7, 11) is 0.618. The zero-order valence-electron chi connectivity index (χ0n) is 22.1. The number of ether oxygens (including phenoxy) is 1. The maximum absolute atomic E-state index is 13.7. The molecule has 4 atom stereocenters. The van der Waals surface area contributed by atoms with Crippen LogP contribution in [0.4, 0.5) is 0 Å². The van der Waals surface area contributed by atoms with Gasteiger partial charge in [-0.1, -0.05) is 36.2 Å². The molecule has 3 heterocycles. The van der Waals surface area contributed by atoms with Gasteiger partial charge in [0.15, 0.2) is 0 Å². The van der Waals surface area contributed by atoms with E-state index in [4.69, 9.17) is 21.0 Å². The molecule has 0 spiro atoms. The van der Waals surface area contributed by atoms with Crippen molar-refractivity contribution in [3.05, 3.63) is 67.9 Å². The van der Waals surface area contributed by atoms with E-state index in [0.29, 0.717) is 30.9 Å². The van der Waals surface area contributed by atoms with Crippen LogP contribution in [0.25, 0.3) is 6.08 Å². The molecular weight excluding hydrogens is 537 g/mol. The molecule has 0 saturated carbocycles. The van der Waals surface area contributed by atoms with Crippen molar-refractivity contribution in [1.29, 1.82) is 0 Å². The van der Waals surface area contributed by atoms with Crippen LogP contribution >= 0.6 is 22.9 Å². The second-order valence-corrected chi connectivity index (χ2v) is 11.9. The minimum atomic E-state index is -1.01. The SMILES string of the molecule is CC/C(=C\c1ccc(O)cc1Cl)CC[C@H]1OB(O)C[C@H]2C1=C(COC)C[C@H]1C(=O)N(Cc3cccs3)C(=O)[C@H]12. The number of halogens is 1. The summed E-state index contributed by atoms with van der Waals surface area (Å²) in [6, 6.07) is 8.77. The first-order chi connectivity index (χ1) is 18.8. The second kappa shape index (κ2) is 12.0. The molecule has 2 N–H and O–H groups in total. The van der Waals surface area contributed by atoms with Gasteiger partial charge >= 0.3 is 7.12 Å². The van der Waals surface area contributed by atoms with Crippen molar-refractivity contribution in [2.45, 2.75) is 51.6 Å². The summed E-state index contributed by atoms with van der Waals surface area (Å²) >= 11 is 7.86. The molecule has 10 heteroatoms. The van der Waals surface area contributed by atoms with Crippen molar-refractivity contribution in [3.63, 3.8) is 0 Å². The first-order valence-corrected chi connectivity index (χ1v) is 14.7. The lowest BCUT2D eigenvalue weighted by Crippen LogP contribution is -2.46. The van der Waals surface area contributed by atoms with E-state index < -0.39 is 19.0 Å². The number of rotatable bonds is 9. The first-order valence-electron chi connectivity index (χ1n) is 13.4. The molecule has 1 aliphatic carbocycles. The molecule has 2 fully saturated rings. The topological polar surface area (TPSA) is 96.3 Å². The van der Waals surface area contributed by atoms with Crippen LogP contribution in [0.5, 0.6) is 5.75 Å². The van der Waals surface area contributed by atoms with Gasteiger partial charge in [-0.05, 0) is 84.3 Å². The van der Waals surface area contributed by atoms with Gasteiger partial charge in [0.2, 0.25) is 11.8 Å². The maximum atomic E-state index is 13.7. The highest BCUT2D eigenvalue weighted by atomic mass is 35.5. The van der Waals surface area contributed by atoms with E-state index in [0.717, 1.165) is 33.6 Å². The molecule has 2 aromatic rings. The van der Waals surface area contributed by atoms with Crippen LogP contribution in [-0.4, -0.2) is 53.8 Å². The van der Waals surface area contributed by atoms with Gasteiger partial charge in [-0.25, -0.2) is 0 Å². The number of carbonyl (C=O) groups is 2. The quantitative estimate of drug-likeness (QED) is 0.241. The van der Waals surface area contributed by atoms with E-state index in [2.05, 4.69) is 6.92 Å². The standard InChI is InChI=1S/C29H33BClNO6S/c1-3-17(11-18-7-8-20(33)13-24(18)31)6-9-25-26-19(16-37-2)12-22-27(23(26)14-30(36)38-25)29(35)32(28(22)34)15-21-5-4-10-39-21/h4-5,7-8,10-11,13,22-23,25,27,33,36H,3,6,9,12,14-16H2,1-2H3/b17-11+/t22-,23+,25-,27-/m1/s1. The van der Waals surface area contributed by atoms with Crippen LogP contribution in [0.2, 0.25) is 11.3 Å². The van der Waals surface area contributed by atoms with E-state index in [-0.39, 0.29) is 42.5 Å². The van der Waals surface area contributed by atoms with Crippen molar-refractivity contribution >= 4 is 47.9 Å². The number of amides is 2. The Hall–Kier alpha value is -2.43. The third-order valence-electron chi connectivity index (χ3n) is 8.14. The number of imide groups is 1. The summed E-state index contributed by atoms with van der Waals surface area (Å²) < 4.78 is 11.6. The first kappa shape index (κ1) is 28.1. The minimum absolute atomic E-state index is 0.118. The number of phenols is 1. The Labute approximate surface area is 238 Å².